The van der Waals surface area contributed by atoms with Gasteiger partial charge in [-0.2, -0.15) is 0 Å². The Morgan fingerprint density at radius 3 is 1.96 bits per heavy atom. The molecular formula is C21H32O4. The van der Waals surface area contributed by atoms with Crippen molar-refractivity contribution in [3.8, 4) is 0 Å². The van der Waals surface area contributed by atoms with Gasteiger partial charge in [0.15, 0.2) is 0 Å². The van der Waals surface area contributed by atoms with Gasteiger partial charge < -0.3 is 10.2 Å². The molecule has 0 spiro atoms. The third-order valence-electron chi connectivity index (χ3n) is 4.90. The fourth-order valence-corrected chi connectivity index (χ4v) is 3.28. The Kier molecular flexibility index (Phi) is 8.67. The Bertz CT molecular complexity index is 590. The van der Waals surface area contributed by atoms with Gasteiger partial charge in [-0.1, -0.05) is 53.4 Å². The zero-order valence-electron chi connectivity index (χ0n) is 16.0. The average Bonchev–Trinajstić information content (AvgIpc) is 2.55. The van der Waals surface area contributed by atoms with Crippen LogP contribution in [0.25, 0.3) is 0 Å². The van der Waals surface area contributed by atoms with Gasteiger partial charge in [-0.3, -0.25) is 0 Å². The standard InChI is InChI=1S/C21H32O4/c1-5-7-8-15(6-2)13-19-16(10-9-14(3)4)17(20(22)23)11-12-18(19)21(24)25/h11-12,14-15H,5-10,13H2,1-4H3,(H,22,23)(H,24,25). The van der Waals surface area contributed by atoms with Crippen molar-refractivity contribution in [3.05, 3.63) is 34.4 Å². The van der Waals surface area contributed by atoms with Crippen molar-refractivity contribution < 1.29 is 19.8 Å². The number of hydrogen-bond acceptors (Lipinski definition) is 2. The van der Waals surface area contributed by atoms with Crippen molar-refractivity contribution in [2.45, 2.75) is 72.6 Å². The molecule has 4 heteroatoms. The monoisotopic (exact) mass is 348 g/mol. The molecule has 0 radical (unpaired) electrons. The van der Waals surface area contributed by atoms with E-state index in [0.717, 1.165) is 43.2 Å². The van der Waals surface area contributed by atoms with Gasteiger partial charge in [0.1, 0.15) is 0 Å². The fourth-order valence-electron chi connectivity index (χ4n) is 3.28. The predicted molar refractivity (Wildman–Crippen MR) is 101 cm³/mol. The molecule has 4 nitrogen and oxygen atoms in total. The molecule has 1 atom stereocenters. The lowest BCUT2D eigenvalue weighted by Gasteiger charge is -2.21. The Morgan fingerprint density at radius 2 is 1.52 bits per heavy atom. The van der Waals surface area contributed by atoms with Gasteiger partial charge in [-0.15, -0.1) is 0 Å². The molecule has 0 amide bonds. The van der Waals surface area contributed by atoms with Crippen molar-refractivity contribution in [1.82, 2.24) is 0 Å². The lowest BCUT2D eigenvalue weighted by molar-refractivity contribution is 0.0678. The highest BCUT2D eigenvalue weighted by Gasteiger charge is 2.22. The molecule has 0 aliphatic rings. The smallest absolute Gasteiger partial charge is 0.335 e. The summed E-state index contributed by atoms with van der Waals surface area (Å²) in [6, 6.07) is 2.92. The number of unbranched alkanes of at least 4 members (excludes halogenated alkanes) is 1. The molecule has 0 saturated heterocycles. The minimum atomic E-state index is -0.974. The van der Waals surface area contributed by atoms with Crippen LogP contribution in [0.1, 0.15) is 91.6 Å². The SMILES string of the molecule is CCCCC(CC)Cc1c(C(=O)O)ccc(C(=O)O)c1CCC(C)C. The number of benzene rings is 1. The zero-order valence-corrected chi connectivity index (χ0v) is 16.0. The number of hydrogen-bond donors (Lipinski definition) is 2. The van der Waals surface area contributed by atoms with Gasteiger partial charge in [0.05, 0.1) is 11.1 Å². The van der Waals surface area contributed by atoms with Crippen LogP contribution in [0.3, 0.4) is 0 Å². The normalized spacial score (nSPS) is 12.4. The number of carbonyl (C=O) groups is 2. The maximum Gasteiger partial charge on any atom is 0.335 e. The molecule has 25 heavy (non-hydrogen) atoms. The third-order valence-corrected chi connectivity index (χ3v) is 4.90. The Morgan fingerprint density at radius 1 is 0.960 bits per heavy atom. The van der Waals surface area contributed by atoms with Crippen molar-refractivity contribution in [3.63, 3.8) is 0 Å². The van der Waals surface area contributed by atoms with E-state index in [4.69, 9.17) is 0 Å². The van der Waals surface area contributed by atoms with Crippen molar-refractivity contribution in [2.75, 3.05) is 0 Å². The van der Waals surface area contributed by atoms with Crippen LogP contribution in [0.4, 0.5) is 0 Å². The topological polar surface area (TPSA) is 74.6 Å². The lowest BCUT2D eigenvalue weighted by atomic mass is 9.83. The molecule has 1 aromatic carbocycles. The van der Waals surface area contributed by atoms with Crippen LogP contribution in [-0.4, -0.2) is 22.2 Å². The average molecular weight is 348 g/mol. The van der Waals surface area contributed by atoms with Crippen LogP contribution >= 0.6 is 0 Å². The highest BCUT2D eigenvalue weighted by Crippen LogP contribution is 2.28. The highest BCUT2D eigenvalue weighted by molar-refractivity contribution is 5.95. The molecule has 140 valence electrons. The van der Waals surface area contributed by atoms with Crippen LogP contribution in [0.2, 0.25) is 0 Å². The van der Waals surface area contributed by atoms with Gasteiger partial charge in [-0.25, -0.2) is 9.59 Å². The minimum Gasteiger partial charge on any atom is -0.478 e. The summed E-state index contributed by atoms with van der Waals surface area (Å²) in [5.74, 6) is -1.12. The second-order valence-electron chi connectivity index (χ2n) is 7.28. The molecule has 1 aromatic rings. The summed E-state index contributed by atoms with van der Waals surface area (Å²) < 4.78 is 0. The summed E-state index contributed by atoms with van der Waals surface area (Å²) in [7, 11) is 0. The minimum absolute atomic E-state index is 0.256. The van der Waals surface area contributed by atoms with Crippen LogP contribution < -0.4 is 0 Å². The maximum absolute atomic E-state index is 11.7. The van der Waals surface area contributed by atoms with Crippen LogP contribution in [0, 0.1) is 11.8 Å². The number of carboxylic acid groups (broad SMARTS) is 2. The van der Waals surface area contributed by atoms with Crippen LogP contribution in [0.15, 0.2) is 12.1 Å². The van der Waals surface area contributed by atoms with Gasteiger partial charge in [-0.05, 0) is 54.4 Å². The van der Waals surface area contributed by atoms with Gasteiger partial charge in [0.25, 0.3) is 0 Å². The van der Waals surface area contributed by atoms with Crippen molar-refractivity contribution in [1.29, 1.82) is 0 Å². The molecular weight excluding hydrogens is 316 g/mol. The first-order chi connectivity index (χ1) is 11.8. The molecule has 0 bridgehead atoms. The number of carboxylic acids is 2. The summed E-state index contributed by atoms with van der Waals surface area (Å²) in [6.07, 6.45) is 6.35. The van der Waals surface area contributed by atoms with Gasteiger partial charge in [0, 0.05) is 0 Å². The van der Waals surface area contributed by atoms with Crippen molar-refractivity contribution in [2.24, 2.45) is 11.8 Å². The highest BCUT2D eigenvalue weighted by atomic mass is 16.4. The van der Waals surface area contributed by atoms with E-state index in [1.165, 1.54) is 12.1 Å². The first-order valence-electron chi connectivity index (χ1n) is 9.43. The third kappa shape index (κ3) is 6.18. The largest absolute Gasteiger partial charge is 0.478 e. The molecule has 0 aliphatic heterocycles. The molecule has 2 N–H and O–H groups in total. The molecule has 0 fully saturated rings. The first-order valence-corrected chi connectivity index (χ1v) is 9.43. The molecule has 0 aliphatic carbocycles. The van der Waals surface area contributed by atoms with E-state index < -0.39 is 11.9 Å². The first kappa shape index (κ1) is 21.2. The summed E-state index contributed by atoms with van der Waals surface area (Å²) in [6.45, 7) is 8.46. The Hall–Kier alpha value is -1.84. The molecule has 0 heterocycles. The van der Waals surface area contributed by atoms with E-state index in [0.29, 0.717) is 24.7 Å². The van der Waals surface area contributed by atoms with Crippen LogP contribution in [0.5, 0.6) is 0 Å². The van der Waals surface area contributed by atoms with E-state index in [-0.39, 0.29) is 11.1 Å². The predicted octanol–water partition coefficient (Wildman–Crippen LogP) is 5.43. The van der Waals surface area contributed by atoms with Gasteiger partial charge in [0.2, 0.25) is 0 Å². The number of aromatic carboxylic acids is 2. The van der Waals surface area contributed by atoms with Crippen LogP contribution in [-0.2, 0) is 12.8 Å². The Balaban J connectivity index is 3.37. The zero-order chi connectivity index (χ0) is 19.0. The molecule has 0 aromatic heterocycles. The van der Waals surface area contributed by atoms with Crippen molar-refractivity contribution >= 4 is 11.9 Å². The van der Waals surface area contributed by atoms with E-state index >= 15 is 0 Å². The van der Waals surface area contributed by atoms with Gasteiger partial charge >= 0.3 is 11.9 Å². The quantitative estimate of drug-likeness (QED) is 0.559. The van der Waals surface area contributed by atoms with E-state index in [1.807, 2.05) is 0 Å². The summed E-state index contributed by atoms with van der Waals surface area (Å²) in [5.41, 5.74) is 1.97. The molecule has 1 rings (SSSR count). The summed E-state index contributed by atoms with van der Waals surface area (Å²) >= 11 is 0. The maximum atomic E-state index is 11.7. The fraction of sp³-hybridized carbons (Fsp3) is 0.619. The van der Waals surface area contributed by atoms with E-state index in [2.05, 4.69) is 27.7 Å². The summed E-state index contributed by atoms with van der Waals surface area (Å²) in [5, 5.41) is 19.2. The molecule has 1 unspecified atom stereocenters. The lowest BCUT2D eigenvalue weighted by Crippen LogP contribution is -2.16. The Labute approximate surface area is 151 Å². The second-order valence-corrected chi connectivity index (χ2v) is 7.28. The second kappa shape index (κ2) is 10.2. The van der Waals surface area contributed by atoms with E-state index in [9.17, 15) is 19.8 Å². The van der Waals surface area contributed by atoms with E-state index in [1.54, 1.807) is 0 Å². The number of rotatable bonds is 11. The summed E-state index contributed by atoms with van der Waals surface area (Å²) in [4.78, 5) is 23.4. The molecule has 0 saturated carbocycles.